The third-order valence-corrected chi connectivity index (χ3v) is 2.85. The Morgan fingerprint density at radius 1 is 1.50 bits per heavy atom. The van der Waals surface area contributed by atoms with Gasteiger partial charge in [0.05, 0.1) is 12.6 Å². The molecule has 5 nitrogen and oxygen atoms in total. The van der Waals surface area contributed by atoms with E-state index < -0.39 is 24.7 Å². The Morgan fingerprint density at radius 2 is 2.17 bits per heavy atom. The van der Waals surface area contributed by atoms with E-state index >= 15 is 0 Å². The number of rotatable bonds is 5. The lowest BCUT2D eigenvalue weighted by Crippen LogP contribution is -2.41. The molecule has 1 aliphatic rings. The molecular weight excluding hydrogens is 251 g/mol. The lowest BCUT2D eigenvalue weighted by Gasteiger charge is -2.25. The average Bonchev–Trinajstić information content (AvgIpc) is 2.73. The molecule has 0 aromatic heterocycles. The zero-order valence-electron chi connectivity index (χ0n) is 10.2. The quantitative estimate of drug-likeness (QED) is 0.431. The first-order chi connectivity index (χ1) is 8.35. The summed E-state index contributed by atoms with van der Waals surface area (Å²) in [5, 5.41) is 0. The van der Waals surface area contributed by atoms with Gasteiger partial charge in [0.2, 0.25) is 0 Å². The van der Waals surface area contributed by atoms with Gasteiger partial charge in [0.15, 0.2) is 0 Å². The molecule has 0 spiro atoms. The van der Waals surface area contributed by atoms with Gasteiger partial charge in [-0.2, -0.15) is 13.2 Å². The first kappa shape index (κ1) is 15.2. The van der Waals surface area contributed by atoms with E-state index in [1.807, 2.05) is 5.43 Å². The van der Waals surface area contributed by atoms with Crippen LogP contribution in [0, 0.1) is 0 Å². The molecule has 1 amide bonds. The van der Waals surface area contributed by atoms with Crippen molar-refractivity contribution in [2.45, 2.75) is 38.1 Å². The minimum absolute atomic E-state index is 0.171. The van der Waals surface area contributed by atoms with Crippen molar-refractivity contribution in [1.82, 2.24) is 10.3 Å². The Kier molecular flexibility index (Phi) is 5.36. The first-order valence-electron chi connectivity index (χ1n) is 5.80. The van der Waals surface area contributed by atoms with Crippen molar-refractivity contribution in [3.05, 3.63) is 0 Å². The number of amides is 1. The van der Waals surface area contributed by atoms with Crippen LogP contribution in [0.25, 0.3) is 0 Å². The number of hydrogen-bond donors (Lipinski definition) is 2. The number of nitrogens with zero attached hydrogens (tertiary/aromatic N) is 1. The van der Waals surface area contributed by atoms with Crippen molar-refractivity contribution >= 4 is 5.91 Å². The molecular formula is C10H18F3N3O2. The maximum atomic E-state index is 12.3. The summed E-state index contributed by atoms with van der Waals surface area (Å²) in [6.07, 6.45) is -4.17. The van der Waals surface area contributed by atoms with Crippen LogP contribution >= 0.6 is 0 Å². The average molecular weight is 269 g/mol. The molecule has 0 radical (unpaired) electrons. The molecule has 1 rings (SSSR count). The van der Waals surface area contributed by atoms with Gasteiger partial charge < -0.3 is 4.74 Å². The van der Waals surface area contributed by atoms with E-state index in [9.17, 15) is 18.0 Å². The number of nitrogens with two attached hydrogens (primary N) is 1. The summed E-state index contributed by atoms with van der Waals surface area (Å²) < 4.78 is 42.1. The third kappa shape index (κ3) is 4.79. The fraction of sp³-hybridized carbons (Fsp3) is 0.900. The standard InChI is InChI=1S/C10H18F3N3O2/c1-2-16(6-10(11,12)13)5-7-3-4-8(18-7)9(17)15-14/h7-8H,2-6,14H2,1H3,(H,15,17). The highest BCUT2D eigenvalue weighted by Gasteiger charge is 2.34. The van der Waals surface area contributed by atoms with Crippen LogP contribution in [0.3, 0.4) is 0 Å². The fourth-order valence-corrected chi connectivity index (χ4v) is 1.97. The summed E-state index contributed by atoms with van der Waals surface area (Å²) in [6, 6.07) is 0. The van der Waals surface area contributed by atoms with E-state index in [1.165, 1.54) is 4.90 Å². The fourth-order valence-electron chi connectivity index (χ4n) is 1.97. The molecule has 1 heterocycles. The number of carbonyl (C=O) groups excluding carboxylic acids is 1. The number of alkyl halides is 3. The molecule has 0 aromatic carbocycles. The van der Waals surface area contributed by atoms with Crippen molar-refractivity contribution in [1.29, 1.82) is 0 Å². The van der Waals surface area contributed by atoms with Crippen molar-refractivity contribution in [3.63, 3.8) is 0 Å². The highest BCUT2D eigenvalue weighted by atomic mass is 19.4. The molecule has 18 heavy (non-hydrogen) atoms. The lowest BCUT2D eigenvalue weighted by molar-refractivity contribution is -0.150. The second-order valence-corrected chi connectivity index (χ2v) is 4.28. The monoisotopic (exact) mass is 269 g/mol. The molecule has 0 aromatic rings. The number of carbonyl (C=O) groups is 1. The predicted molar refractivity (Wildman–Crippen MR) is 58.4 cm³/mol. The second kappa shape index (κ2) is 6.35. The van der Waals surface area contributed by atoms with Crippen LogP contribution < -0.4 is 11.3 Å². The maximum absolute atomic E-state index is 12.3. The van der Waals surface area contributed by atoms with E-state index in [4.69, 9.17) is 10.6 Å². The van der Waals surface area contributed by atoms with Gasteiger partial charge >= 0.3 is 6.18 Å². The molecule has 106 valence electrons. The lowest BCUT2D eigenvalue weighted by atomic mass is 10.2. The van der Waals surface area contributed by atoms with Crippen LogP contribution in [-0.4, -0.2) is 48.8 Å². The van der Waals surface area contributed by atoms with Gasteiger partial charge in [-0.05, 0) is 19.4 Å². The van der Waals surface area contributed by atoms with Crippen molar-refractivity contribution < 1.29 is 22.7 Å². The van der Waals surface area contributed by atoms with Crippen molar-refractivity contribution in [3.8, 4) is 0 Å². The van der Waals surface area contributed by atoms with Crippen LogP contribution in [0.15, 0.2) is 0 Å². The number of hydrogen-bond acceptors (Lipinski definition) is 4. The number of hydrazine groups is 1. The van der Waals surface area contributed by atoms with Gasteiger partial charge in [-0.25, -0.2) is 5.84 Å². The molecule has 0 saturated carbocycles. The number of nitrogens with one attached hydrogen (secondary N) is 1. The predicted octanol–water partition coefficient (Wildman–Crippen LogP) is 0.408. The molecule has 1 saturated heterocycles. The summed E-state index contributed by atoms with van der Waals surface area (Å²) in [6.45, 7) is 1.15. The van der Waals surface area contributed by atoms with E-state index in [0.717, 1.165) is 0 Å². The molecule has 8 heteroatoms. The van der Waals surface area contributed by atoms with E-state index in [2.05, 4.69) is 0 Å². The van der Waals surface area contributed by atoms with E-state index in [1.54, 1.807) is 6.92 Å². The van der Waals surface area contributed by atoms with E-state index in [0.29, 0.717) is 12.8 Å². The molecule has 2 unspecified atom stereocenters. The van der Waals surface area contributed by atoms with Gasteiger partial charge in [0, 0.05) is 6.54 Å². The molecule has 2 atom stereocenters. The normalized spacial score (nSPS) is 24.6. The van der Waals surface area contributed by atoms with Gasteiger partial charge in [-0.3, -0.25) is 15.1 Å². The van der Waals surface area contributed by atoms with Crippen molar-refractivity contribution in [2.75, 3.05) is 19.6 Å². The highest BCUT2D eigenvalue weighted by Crippen LogP contribution is 2.22. The number of halogens is 3. The zero-order chi connectivity index (χ0) is 13.8. The molecule has 1 fully saturated rings. The van der Waals surface area contributed by atoms with Gasteiger partial charge in [0.25, 0.3) is 5.91 Å². The van der Waals surface area contributed by atoms with Crippen LogP contribution in [0.5, 0.6) is 0 Å². The van der Waals surface area contributed by atoms with Gasteiger partial charge in [-0.15, -0.1) is 0 Å². The van der Waals surface area contributed by atoms with Crippen LogP contribution in [0.2, 0.25) is 0 Å². The number of likely N-dealkylation sites (N-methyl/N-ethyl adjacent to an activating group) is 1. The number of ether oxygens (including phenoxy) is 1. The SMILES string of the molecule is CCN(CC1CCC(C(=O)NN)O1)CC(F)(F)F. The minimum Gasteiger partial charge on any atom is -0.364 e. The maximum Gasteiger partial charge on any atom is 0.401 e. The zero-order valence-corrected chi connectivity index (χ0v) is 10.2. The summed E-state index contributed by atoms with van der Waals surface area (Å²) in [4.78, 5) is 12.4. The Bertz CT molecular complexity index is 286. The largest absolute Gasteiger partial charge is 0.401 e. The summed E-state index contributed by atoms with van der Waals surface area (Å²) in [5.74, 6) is 4.54. The third-order valence-electron chi connectivity index (χ3n) is 2.85. The Labute approximate surface area is 103 Å². The highest BCUT2D eigenvalue weighted by molar-refractivity contribution is 5.80. The van der Waals surface area contributed by atoms with Crippen LogP contribution in [0.4, 0.5) is 13.2 Å². The van der Waals surface area contributed by atoms with Gasteiger partial charge in [-0.1, -0.05) is 6.92 Å². The summed E-state index contributed by atoms with van der Waals surface area (Å²) in [7, 11) is 0. The van der Waals surface area contributed by atoms with Crippen LogP contribution in [0.1, 0.15) is 19.8 Å². The smallest absolute Gasteiger partial charge is 0.364 e. The molecule has 1 aliphatic heterocycles. The molecule has 3 N–H and O–H groups in total. The topological polar surface area (TPSA) is 67.6 Å². The minimum atomic E-state index is -4.22. The molecule has 0 aliphatic carbocycles. The van der Waals surface area contributed by atoms with Crippen LogP contribution in [-0.2, 0) is 9.53 Å². The summed E-state index contributed by atoms with van der Waals surface area (Å²) in [5.41, 5.74) is 1.98. The Hall–Kier alpha value is -0.860. The summed E-state index contributed by atoms with van der Waals surface area (Å²) >= 11 is 0. The Balaban J connectivity index is 2.41. The first-order valence-corrected chi connectivity index (χ1v) is 5.80. The Morgan fingerprint density at radius 3 is 2.67 bits per heavy atom. The van der Waals surface area contributed by atoms with E-state index in [-0.39, 0.29) is 19.2 Å². The van der Waals surface area contributed by atoms with Gasteiger partial charge in [0.1, 0.15) is 6.10 Å². The van der Waals surface area contributed by atoms with Crippen molar-refractivity contribution in [2.24, 2.45) is 5.84 Å². The second-order valence-electron chi connectivity index (χ2n) is 4.28. The molecule has 0 bridgehead atoms.